The number of furan rings is 1. The Labute approximate surface area is 104 Å². The molecule has 0 unspecified atom stereocenters. The van der Waals surface area contributed by atoms with E-state index in [0.717, 1.165) is 18.6 Å². The maximum atomic E-state index is 11.5. The van der Waals surface area contributed by atoms with Gasteiger partial charge in [-0.2, -0.15) is 0 Å². The van der Waals surface area contributed by atoms with Gasteiger partial charge in [0.2, 0.25) is 0 Å². The Morgan fingerprint density at radius 3 is 2.61 bits per heavy atom. The van der Waals surface area contributed by atoms with Crippen LogP contribution in [0.2, 0.25) is 0 Å². The average molecular weight is 275 g/mol. The fourth-order valence-electron chi connectivity index (χ4n) is 1.19. The van der Waals surface area contributed by atoms with Crippen molar-refractivity contribution < 1.29 is 27.5 Å². The van der Waals surface area contributed by atoms with Gasteiger partial charge in [-0.05, 0) is 6.42 Å². The average Bonchev–Trinajstić information content (AvgIpc) is 2.72. The number of nitrogens with one attached hydrogen (secondary N) is 1. The summed E-state index contributed by atoms with van der Waals surface area (Å²) in [7, 11) is -3.05. The molecule has 0 saturated carbocycles. The molecule has 1 aromatic rings. The van der Waals surface area contributed by atoms with E-state index in [-0.39, 0.29) is 30.0 Å². The Morgan fingerprint density at radius 1 is 1.44 bits per heavy atom. The first-order valence-corrected chi connectivity index (χ1v) is 7.13. The van der Waals surface area contributed by atoms with Gasteiger partial charge >= 0.3 is 5.97 Å². The summed E-state index contributed by atoms with van der Waals surface area (Å²) in [5, 5.41) is 11.1. The lowest BCUT2D eigenvalue weighted by Crippen LogP contribution is -2.25. The van der Waals surface area contributed by atoms with E-state index in [1.807, 2.05) is 0 Å². The van der Waals surface area contributed by atoms with Crippen LogP contribution in [-0.2, 0) is 9.84 Å². The van der Waals surface area contributed by atoms with E-state index >= 15 is 0 Å². The van der Waals surface area contributed by atoms with Crippen LogP contribution in [0.1, 0.15) is 27.3 Å². The number of hydrogen-bond donors (Lipinski definition) is 2. The summed E-state index contributed by atoms with van der Waals surface area (Å²) in [4.78, 5) is 22.0. The van der Waals surface area contributed by atoms with Crippen LogP contribution in [0.4, 0.5) is 0 Å². The molecule has 0 aliphatic carbocycles. The summed E-state index contributed by atoms with van der Waals surface area (Å²) >= 11 is 0. The Balaban J connectivity index is 2.43. The standard InChI is InChI=1S/C10H13NO6S/c1-18(15,16)4-2-3-11-9(12)8-5-7(6-17-8)10(13)14/h5-6H,2-4H2,1H3,(H,11,12)(H,13,14). The van der Waals surface area contributed by atoms with Gasteiger partial charge in [0.1, 0.15) is 16.1 Å². The number of hydrogen-bond acceptors (Lipinski definition) is 5. The molecule has 0 saturated heterocycles. The van der Waals surface area contributed by atoms with Gasteiger partial charge in [0.15, 0.2) is 5.76 Å². The van der Waals surface area contributed by atoms with Crippen molar-refractivity contribution in [2.75, 3.05) is 18.6 Å². The minimum Gasteiger partial charge on any atom is -0.478 e. The second kappa shape index (κ2) is 5.67. The van der Waals surface area contributed by atoms with Crippen molar-refractivity contribution >= 4 is 21.7 Å². The van der Waals surface area contributed by atoms with E-state index in [1.165, 1.54) is 0 Å². The quantitative estimate of drug-likeness (QED) is 0.714. The summed E-state index contributed by atoms with van der Waals surface area (Å²) in [6, 6.07) is 1.11. The van der Waals surface area contributed by atoms with Crippen molar-refractivity contribution in [3.8, 4) is 0 Å². The van der Waals surface area contributed by atoms with Gasteiger partial charge in [0.05, 0.1) is 11.3 Å². The number of sulfone groups is 1. The monoisotopic (exact) mass is 275 g/mol. The molecule has 1 aromatic heterocycles. The largest absolute Gasteiger partial charge is 0.478 e. The number of carboxylic acids is 1. The summed E-state index contributed by atoms with van der Waals surface area (Å²) < 4.78 is 26.4. The van der Waals surface area contributed by atoms with Crippen molar-refractivity contribution in [1.29, 1.82) is 0 Å². The molecule has 100 valence electrons. The highest BCUT2D eigenvalue weighted by molar-refractivity contribution is 7.90. The molecule has 0 bridgehead atoms. The SMILES string of the molecule is CS(=O)(=O)CCCNC(=O)c1cc(C(=O)O)co1. The van der Waals surface area contributed by atoms with Crippen molar-refractivity contribution in [1.82, 2.24) is 5.32 Å². The molecular weight excluding hydrogens is 262 g/mol. The van der Waals surface area contributed by atoms with Gasteiger partial charge in [-0.25, -0.2) is 13.2 Å². The zero-order valence-corrected chi connectivity index (χ0v) is 10.5. The lowest BCUT2D eigenvalue weighted by atomic mass is 10.3. The van der Waals surface area contributed by atoms with E-state index in [1.54, 1.807) is 0 Å². The zero-order valence-electron chi connectivity index (χ0n) is 9.67. The number of carbonyl (C=O) groups excluding carboxylic acids is 1. The van der Waals surface area contributed by atoms with Crippen LogP contribution in [0.5, 0.6) is 0 Å². The topological polar surface area (TPSA) is 114 Å². The van der Waals surface area contributed by atoms with Crippen LogP contribution < -0.4 is 5.32 Å². The molecule has 1 heterocycles. The van der Waals surface area contributed by atoms with Gasteiger partial charge in [0, 0.05) is 18.9 Å². The third kappa shape index (κ3) is 4.58. The molecule has 0 spiro atoms. The molecule has 7 nitrogen and oxygen atoms in total. The van der Waals surface area contributed by atoms with Gasteiger partial charge < -0.3 is 14.8 Å². The minimum absolute atomic E-state index is 0.0220. The smallest absolute Gasteiger partial charge is 0.338 e. The maximum Gasteiger partial charge on any atom is 0.338 e. The molecule has 1 amide bonds. The third-order valence-corrected chi connectivity index (χ3v) is 3.08. The van der Waals surface area contributed by atoms with E-state index in [9.17, 15) is 18.0 Å². The fraction of sp³-hybridized carbons (Fsp3) is 0.400. The van der Waals surface area contributed by atoms with Gasteiger partial charge in [-0.3, -0.25) is 4.79 Å². The molecule has 0 radical (unpaired) electrons. The first kappa shape index (κ1) is 14.2. The van der Waals surface area contributed by atoms with Crippen LogP contribution >= 0.6 is 0 Å². The lowest BCUT2D eigenvalue weighted by molar-refractivity contribution is 0.0695. The molecule has 18 heavy (non-hydrogen) atoms. The normalized spacial score (nSPS) is 11.2. The molecule has 0 aliphatic rings. The Morgan fingerprint density at radius 2 is 2.11 bits per heavy atom. The highest BCUT2D eigenvalue weighted by Gasteiger charge is 2.14. The van der Waals surface area contributed by atoms with Crippen molar-refractivity contribution in [3.63, 3.8) is 0 Å². The van der Waals surface area contributed by atoms with E-state index in [0.29, 0.717) is 0 Å². The molecular formula is C10H13NO6S. The third-order valence-electron chi connectivity index (χ3n) is 2.05. The van der Waals surface area contributed by atoms with Crippen LogP contribution in [0.15, 0.2) is 16.7 Å². The predicted molar refractivity (Wildman–Crippen MR) is 62.3 cm³/mol. The molecule has 8 heteroatoms. The van der Waals surface area contributed by atoms with E-state index in [2.05, 4.69) is 5.32 Å². The fourth-order valence-corrected chi connectivity index (χ4v) is 1.86. The molecule has 0 fully saturated rings. The number of carboxylic acid groups (broad SMARTS) is 1. The summed E-state index contributed by atoms with van der Waals surface area (Å²) in [6.07, 6.45) is 2.37. The molecule has 0 atom stereocenters. The first-order valence-electron chi connectivity index (χ1n) is 5.07. The Hall–Kier alpha value is -1.83. The van der Waals surface area contributed by atoms with Crippen LogP contribution in [-0.4, -0.2) is 44.0 Å². The molecule has 2 N–H and O–H groups in total. The van der Waals surface area contributed by atoms with Gasteiger partial charge in [0.25, 0.3) is 5.91 Å². The van der Waals surface area contributed by atoms with Crippen LogP contribution in [0, 0.1) is 0 Å². The van der Waals surface area contributed by atoms with Crippen LogP contribution in [0.25, 0.3) is 0 Å². The van der Waals surface area contributed by atoms with E-state index < -0.39 is 21.7 Å². The van der Waals surface area contributed by atoms with Gasteiger partial charge in [-0.15, -0.1) is 0 Å². The minimum atomic E-state index is -3.05. The van der Waals surface area contributed by atoms with Crippen molar-refractivity contribution in [2.24, 2.45) is 0 Å². The summed E-state index contributed by atoms with van der Waals surface area (Å²) in [5.74, 6) is -1.90. The van der Waals surface area contributed by atoms with Gasteiger partial charge in [-0.1, -0.05) is 0 Å². The number of rotatable bonds is 6. The maximum absolute atomic E-state index is 11.5. The Kier molecular flexibility index (Phi) is 4.49. The number of aromatic carboxylic acids is 1. The summed E-state index contributed by atoms with van der Waals surface area (Å²) in [6.45, 7) is 0.176. The second-order valence-electron chi connectivity index (χ2n) is 3.74. The highest BCUT2D eigenvalue weighted by Crippen LogP contribution is 2.07. The second-order valence-corrected chi connectivity index (χ2v) is 6.00. The number of amides is 1. The molecule has 0 aliphatic heterocycles. The predicted octanol–water partition coefficient (Wildman–Crippen LogP) is 0.142. The number of carbonyl (C=O) groups is 2. The summed E-state index contributed by atoms with van der Waals surface area (Å²) in [5.41, 5.74) is -0.115. The molecule has 0 aromatic carbocycles. The first-order chi connectivity index (χ1) is 8.29. The van der Waals surface area contributed by atoms with E-state index in [4.69, 9.17) is 9.52 Å². The van der Waals surface area contributed by atoms with Crippen molar-refractivity contribution in [3.05, 3.63) is 23.7 Å². The molecule has 1 rings (SSSR count). The zero-order chi connectivity index (χ0) is 13.8. The highest BCUT2D eigenvalue weighted by atomic mass is 32.2. The Bertz CT molecular complexity index is 544. The van der Waals surface area contributed by atoms with Crippen molar-refractivity contribution in [2.45, 2.75) is 6.42 Å². The lowest BCUT2D eigenvalue weighted by Gasteiger charge is -2.01. The van der Waals surface area contributed by atoms with Crippen LogP contribution in [0.3, 0.4) is 0 Å².